The Balaban J connectivity index is 1.60. The number of rotatable bonds is 6. The summed E-state index contributed by atoms with van der Waals surface area (Å²) in [6, 6.07) is 7.70. The number of halogens is 7. The molecule has 0 atom stereocenters. The molecule has 1 aliphatic heterocycles. The van der Waals surface area contributed by atoms with Gasteiger partial charge in [0.05, 0.1) is 35.4 Å². The van der Waals surface area contributed by atoms with Crippen LogP contribution < -0.4 is 4.90 Å². The highest BCUT2D eigenvalue weighted by Crippen LogP contribution is 2.37. The summed E-state index contributed by atoms with van der Waals surface area (Å²) in [6.07, 6.45) is -8.79. The van der Waals surface area contributed by atoms with E-state index in [1.54, 1.807) is 24.3 Å². The molecule has 0 amide bonds. The Bertz CT molecular complexity index is 1720. The molecular formula is C25H19ClF6N6O3S. The van der Waals surface area contributed by atoms with E-state index < -0.39 is 51.2 Å². The van der Waals surface area contributed by atoms with Crippen LogP contribution >= 0.6 is 11.6 Å². The van der Waals surface area contributed by atoms with Gasteiger partial charge in [0.15, 0.2) is 21.3 Å². The van der Waals surface area contributed by atoms with Crippen molar-refractivity contribution >= 4 is 33.0 Å². The normalized spacial score (nSPS) is 15.6. The van der Waals surface area contributed by atoms with Gasteiger partial charge in [-0.15, -0.1) is 5.10 Å². The van der Waals surface area contributed by atoms with Crippen LogP contribution in [0.15, 0.2) is 48.7 Å². The molecule has 42 heavy (non-hydrogen) atoms. The second-order valence-corrected chi connectivity index (χ2v) is 12.2. The zero-order valence-corrected chi connectivity index (χ0v) is 22.7. The number of H-pyrrole nitrogens is 1. The van der Waals surface area contributed by atoms with Crippen molar-refractivity contribution in [1.29, 1.82) is 0 Å². The number of sulfone groups is 1. The molecule has 0 saturated carbocycles. The molecule has 17 heteroatoms. The number of benzene rings is 2. The highest BCUT2D eigenvalue weighted by atomic mass is 35.5. The zero-order valence-electron chi connectivity index (χ0n) is 21.2. The number of carbonyl (C=O) groups is 1. The molecule has 1 aliphatic rings. The van der Waals surface area contributed by atoms with Crippen molar-refractivity contribution < 1.29 is 39.6 Å². The number of anilines is 1. The average Bonchev–Trinajstić information content (AvgIpc) is 3.55. The third kappa shape index (κ3) is 5.99. The van der Waals surface area contributed by atoms with Crippen LogP contribution in [0.1, 0.15) is 32.9 Å². The van der Waals surface area contributed by atoms with Crippen LogP contribution in [0.2, 0.25) is 5.02 Å². The number of hydrogen-bond donors (Lipinski definition) is 1. The third-order valence-electron chi connectivity index (χ3n) is 6.58. The molecule has 0 unspecified atom stereocenters. The molecular weight excluding hydrogens is 614 g/mol. The summed E-state index contributed by atoms with van der Waals surface area (Å²) in [4.78, 5) is 15.2. The largest absolute Gasteiger partial charge is 0.416 e. The van der Waals surface area contributed by atoms with Crippen LogP contribution in [0.5, 0.6) is 0 Å². The first-order valence-corrected chi connectivity index (χ1v) is 14.3. The van der Waals surface area contributed by atoms with E-state index >= 15 is 0 Å². The van der Waals surface area contributed by atoms with E-state index in [9.17, 15) is 39.6 Å². The lowest BCUT2D eigenvalue weighted by molar-refractivity contribution is -0.143. The highest BCUT2D eigenvalue weighted by molar-refractivity contribution is 7.91. The number of ketones is 1. The molecule has 9 nitrogen and oxygen atoms in total. The van der Waals surface area contributed by atoms with Gasteiger partial charge in [-0.25, -0.2) is 13.1 Å². The number of hydrogen-bond acceptors (Lipinski definition) is 7. The second-order valence-electron chi connectivity index (χ2n) is 9.44. The van der Waals surface area contributed by atoms with E-state index in [1.807, 2.05) is 0 Å². The number of aromatic nitrogens is 5. The van der Waals surface area contributed by atoms with E-state index in [0.29, 0.717) is 28.3 Å². The van der Waals surface area contributed by atoms with Crippen molar-refractivity contribution in [3.05, 3.63) is 81.8 Å². The monoisotopic (exact) mass is 632 g/mol. The lowest BCUT2D eigenvalue weighted by Crippen LogP contribution is -2.42. The van der Waals surface area contributed by atoms with Crippen LogP contribution in [-0.4, -0.2) is 64.0 Å². The first kappa shape index (κ1) is 29.6. The SMILES string of the molecule is O=C(c1nnn(Cc2cc(C(F)(F)F)cc(C(F)(F)F)c2)c1N1CCS(=O)(=O)CC1)c1[nH]ncc1-c1ccccc1Cl. The lowest BCUT2D eigenvalue weighted by atomic mass is 10.0. The highest BCUT2D eigenvalue weighted by Gasteiger charge is 2.37. The van der Waals surface area contributed by atoms with Crippen LogP contribution in [0.25, 0.3) is 11.1 Å². The second kappa shape index (κ2) is 10.7. The van der Waals surface area contributed by atoms with Crippen molar-refractivity contribution in [2.45, 2.75) is 18.9 Å². The maximum atomic E-state index is 13.8. The van der Waals surface area contributed by atoms with Crippen LogP contribution in [-0.2, 0) is 28.7 Å². The lowest BCUT2D eigenvalue weighted by Gasteiger charge is -2.29. The van der Waals surface area contributed by atoms with Gasteiger partial charge in [-0.05, 0) is 29.8 Å². The molecule has 0 bridgehead atoms. The molecule has 1 saturated heterocycles. The maximum Gasteiger partial charge on any atom is 0.416 e. The standard InChI is InChI=1S/C25H19ClF6N6O3S/c26-19-4-2-1-3-17(19)18-12-33-34-20(18)22(39)21-23(37-5-7-42(40,41)8-6-37)38(36-35-21)13-14-9-15(24(27,28)29)11-16(10-14)25(30,31)32/h1-4,9-12H,5-8,13H2,(H,33,34). The number of carbonyl (C=O) groups excluding carboxylic acids is 1. The molecule has 2 aromatic carbocycles. The molecule has 4 aromatic rings. The number of nitrogens with zero attached hydrogens (tertiary/aromatic N) is 5. The van der Waals surface area contributed by atoms with Crippen molar-refractivity contribution in [1.82, 2.24) is 25.2 Å². The van der Waals surface area contributed by atoms with Gasteiger partial charge in [0.1, 0.15) is 5.69 Å². The fraction of sp³-hybridized carbons (Fsp3) is 0.280. The summed E-state index contributed by atoms with van der Waals surface area (Å²) < 4.78 is 106. The minimum absolute atomic E-state index is 0.00464. The van der Waals surface area contributed by atoms with Crippen molar-refractivity contribution in [2.24, 2.45) is 0 Å². The first-order valence-electron chi connectivity index (χ1n) is 12.1. The quantitative estimate of drug-likeness (QED) is 0.238. The molecule has 3 heterocycles. The fourth-order valence-electron chi connectivity index (χ4n) is 4.54. The third-order valence-corrected chi connectivity index (χ3v) is 8.52. The number of nitrogens with one attached hydrogen (secondary N) is 1. The van der Waals surface area contributed by atoms with Gasteiger partial charge in [0.25, 0.3) is 0 Å². The Labute approximate surface area is 239 Å². The van der Waals surface area contributed by atoms with Crippen molar-refractivity contribution in [3.8, 4) is 11.1 Å². The minimum atomic E-state index is -5.07. The van der Waals surface area contributed by atoms with E-state index in [-0.39, 0.29) is 47.9 Å². The maximum absolute atomic E-state index is 13.8. The first-order chi connectivity index (χ1) is 19.6. The van der Waals surface area contributed by atoms with E-state index in [1.165, 1.54) is 11.1 Å². The van der Waals surface area contributed by atoms with Crippen LogP contribution in [0.3, 0.4) is 0 Å². The van der Waals surface area contributed by atoms with Gasteiger partial charge in [0, 0.05) is 29.2 Å². The molecule has 0 spiro atoms. The Kier molecular flexibility index (Phi) is 7.55. The Morgan fingerprint density at radius 1 is 0.952 bits per heavy atom. The van der Waals surface area contributed by atoms with Crippen LogP contribution in [0, 0.1) is 0 Å². The predicted octanol–water partition coefficient (Wildman–Crippen LogP) is 4.87. The summed E-state index contributed by atoms with van der Waals surface area (Å²) >= 11 is 6.29. The van der Waals surface area contributed by atoms with Gasteiger partial charge < -0.3 is 4.90 Å². The molecule has 0 radical (unpaired) electrons. The van der Waals surface area contributed by atoms with E-state index in [2.05, 4.69) is 20.5 Å². The summed E-state index contributed by atoms with van der Waals surface area (Å²) in [5.74, 6) is -1.43. The van der Waals surface area contributed by atoms with Gasteiger partial charge in [-0.3, -0.25) is 9.89 Å². The van der Waals surface area contributed by atoms with E-state index in [4.69, 9.17) is 11.6 Å². The molecule has 1 fully saturated rings. The Morgan fingerprint density at radius 2 is 1.57 bits per heavy atom. The van der Waals surface area contributed by atoms with Gasteiger partial charge in [0.2, 0.25) is 5.78 Å². The average molecular weight is 633 g/mol. The van der Waals surface area contributed by atoms with Gasteiger partial charge in [-0.2, -0.15) is 31.4 Å². The Morgan fingerprint density at radius 3 is 2.17 bits per heavy atom. The van der Waals surface area contributed by atoms with Gasteiger partial charge in [-0.1, -0.05) is 35.0 Å². The molecule has 2 aromatic heterocycles. The van der Waals surface area contributed by atoms with Crippen molar-refractivity contribution in [3.63, 3.8) is 0 Å². The predicted molar refractivity (Wildman–Crippen MR) is 139 cm³/mol. The van der Waals surface area contributed by atoms with Crippen LogP contribution in [0.4, 0.5) is 32.2 Å². The molecule has 0 aliphatic carbocycles. The molecule has 5 rings (SSSR count). The fourth-order valence-corrected chi connectivity index (χ4v) is 5.98. The Hall–Kier alpha value is -3.92. The van der Waals surface area contributed by atoms with Gasteiger partial charge >= 0.3 is 12.4 Å². The summed E-state index contributed by atoms with van der Waals surface area (Å²) in [5, 5.41) is 14.6. The molecule has 1 N–H and O–H groups in total. The smallest absolute Gasteiger partial charge is 0.353 e. The van der Waals surface area contributed by atoms with Crippen molar-refractivity contribution in [2.75, 3.05) is 29.5 Å². The minimum Gasteiger partial charge on any atom is -0.353 e. The number of alkyl halides is 6. The summed E-state index contributed by atoms with van der Waals surface area (Å²) in [5.41, 5.74) is -3.05. The topological polar surface area (TPSA) is 114 Å². The summed E-state index contributed by atoms with van der Waals surface area (Å²) in [7, 11) is -3.40. The number of aromatic amines is 1. The van der Waals surface area contributed by atoms with E-state index in [0.717, 1.165) is 4.68 Å². The summed E-state index contributed by atoms with van der Waals surface area (Å²) in [6.45, 7) is -0.869. The molecule has 222 valence electrons. The zero-order chi connectivity index (χ0) is 30.4.